The fourth-order valence-corrected chi connectivity index (χ4v) is 0.571. The number of allylic oxidation sites excluding steroid dienone is 2. The summed E-state index contributed by atoms with van der Waals surface area (Å²) in [4.78, 5) is 10.7. The minimum absolute atomic E-state index is 0.106. The van der Waals surface area contributed by atoms with Gasteiger partial charge in [-0.15, -0.1) is 0 Å². The summed E-state index contributed by atoms with van der Waals surface area (Å²) >= 11 is 0. The molecule has 0 N–H and O–H groups in total. The zero-order chi connectivity index (χ0) is 7.44. The zero-order valence-corrected chi connectivity index (χ0v) is 6.56. The highest BCUT2D eigenvalue weighted by molar-refractivity contribution is 5.80. The summed E-state index contributed by atoms with van der Waals surface area (Å²) < 4.78 is 0. The average molecular weight is 126 g/mol. The van der Waals surface area contributed by atoms with Crippen LogP contribution in [0.25, 0.3) is 0 Å². The Balaban J connectivity index is 4.04. The van der Waals surface area contributed by atoms with Gasteiger partial charge in [0.2, 0.25) is 0 Å². The molecule has 0 radical (unpaired) electrons. The monoisotopic (exact) mass is 126 g/mol. The van der Waals surface area contributed by atoms with Crippen LogP contribution in [0.15, 0.2) is 11.6 Å². The lowest BCUT2D eigenvalue weighted by atomic mass is 9.99. The molecule has 0 fully saturated rings. The first kappa shape index (κ1) is 8.41. The van der Waals surface area contributed by atoms with Gasteiger partial charge in [-0.1, -0.05) is 18.6 Å². The van der Waals surface area contributed by atoms with Gasteiger partial charge < -0.3 is 0 Å². The SMILES string of the molecule is C/C=C(/C)C(C)C(C)=O. The third kappa shape index (κ3) is 2.45. The molecule has 0 aliphatic heterocycles. The Labute approximate surface area is 56.8 Å². The summed E-state index contributed by atoms with van der Waals surface area (Å²) in [5.41, 5.74) is 1.16. The van der Waals surface area contributed by atoms with Gasteiger partial charge in [-0.05, 0) is 20.8 Å². The Morgan fingerprint density at radius 2 is 1.89 bits per heavy atom. The van der Waals surface area contributed by atoms with Gasteiger partial charge >= 0.3 is 0 Å². The van der Waals surface area contributed by atoms with Crippen molar-refractivity contribution in [1.29, 1.82) is 0 Å². The number of hydrogen-bond donors (Lipinski definition) is 0. The number of rotatable bonds is 2. The van der Waals surface area contributed by atoms with Crippen LogP contribution < -0.4 is 0 Å². The Hall–Kier alpha value is -0.590. The van der Waals surface area contributed by atoms with Crippen LogP contribution in [0.5, 0.6) is 0 Å². The predicted octanol–water partition coefficient (Wildman–Crippen LogP) is 2.18. The van der Waals surface area contributed by atoms with Crippen molar-refractivity contribution in [1.82, 2.24) is 0 Å². The number of carbonyl (C=O) groups excluding carboxylic acids is 1. The Kier molecular flexibility index (Phi) is 3.21. The lowest BCUT2D eigenvalue weighted by Crippen LogP contribution is -2.06. The molecule has 0 saturated carbocycles. The molecule has 0 spiro atoms. The Morgan fingerprint density at radius 1 is 1.44 bits per heavy atom. The number of Topliss-reactive ketones (excluding diaryl/α,β-unsaturated/α-hetero) is 1. The third-order valence-corrected chi connectivity index (χ3v) is 1.75. The van der Waals surface area contributed by atoms with E-state index in [1.807, 2.05) is 26.8 Å². The molecule has 1 unspecified atom stereocenters. The van der Waals surface area contributed by atoms with Gasteiger partial charge in [0, 0.05) is 5.92 Å². The van der Waals surface area contributed by atoms with Crippen molar-refractivity contribution in [3.63, 3.8) is 0 Å². The second-order valence-electron chi connectivity index (χ2n) is 2.37. The van der Waals surface area contributed by atoms with Gasteiger partial charge in [-0.25, -0.2) is 0 Å². The van der Waals surface area contributed by atoms with E-state index in [0.29, 0.717) is 0 Å². The summed E-state index contributed by atoms with van der Waals surface area (Å²) in [6, 6.07) is 0. The fraction of sp³-hybridized carbons (Fsp3) is 0.625. The summed E-state index contributed by atoms with van der Waals surface area (Å²) in [6.07, 6.45) is 1.98. The van der Waals surface area contributed by atoms with Crippen LogP contribution >= 0.6 is 0 Å². The van der Waals surface area contributed by atoms with Crippen LogP contribution in [0.2, 0.25) is 0 Å². The first-order valence-electron chi connectivity index (χ1n) is 3.22. The van der Waals surface area contributed by atoms with Crippen LogP contribution in [0.3, 0.4) is 0 Å². The van der Waals surface area contributed by atoms with Crippen LogP contribution in [-0.4, -0.2) is 5.78 Å². The summed E-state index contributed by atoms with van der Waals surface area (Å²) in [5, 5.41) is 0. The van der Waals surface area contributed by atoms with Crippen molar-refractivity contribution in [2.24, 2.45) is 5.92 Å². The number of carbonyl (C=O) groups is 1. The Morgan fingerprint density at radius 3 is 2.00 bits per heavy atom. The Bertz CT molecular complexity index is 134. The molecule has 0 aliphatic carbocycles. The molecule has 0 aromatic carbocycles. The molecule has 0 amide bonds. The topological polar surface area (TPSA) is 17.1 Å². The molecule has 1 atom stereocenters. The number of hydrogen-bond acceptors (Lipinski definition) is 1. The molecule has 0 rings (SSSR count). The molecule has 1 nitrogen and oxygen atoms in total. The molecular weight excluding hydrogens is 112 g/mol. The molecule has 0 aromatic heterocycles. The maximum atomic E-state index is 10.7. The van der Waals surface area contributed by atoms with E-state index in [4.69, 9.17) is 0 Å². The highest BCUT2D eigenvalue weighted by Crippen LogP contribution is 2.09. The molecule has 0 aliphatic rings. The molecule has 0 saturated heterocycles. The van der Waals surface area contributed by atoms with Crippen molar-refractivity contribution in [3.8, 4) is 0 Å². The standard InChI is InChI=1S/C8H14O/c1-5-6(2)7(3)8(4)9/h5,7H,1-4H3/b6-5-. The van der Waals surface area contributed by atoms with Crippen molar-refractivity contribution in [3.05, 3.63) is 11.6 Å². The molecule has 1 heteroatoms. The minimum Gasteiger partial charge on any atom is -0.299 e. The lowest BCUT2D eigenvalue weighted by molar-refractivity contribution is -0.119. The lowest BCUT2D eigenvalue weighted by Gasteiger charge is -2.05. The normalized spacial score (nSPS) is 15.3. The van der Waals surface area contributed by atoms with Crippen molar-refractivity contribution >= 4 is 5.78 Å². The summed E-state index contributed by atoms with van der Waals surface area (Å²) in [5.74, 6) is 0.348. The van der Waals surface area contributed by atoms with Gasteiger partial charge in [0.15, 0.2) is 0 Å². The highest BCUT2D eigenvalue weighted by Gasteiger charge is 2.06. The van der Waals surface area contributed by atoms with Gasteiger partial charge in [-0.3, -0.25) is 4.79 Å². The molecule has 0 bridgehead atoms. The predicted molar refractivity (Wildman–Crippen MR) is 39.3 cm³/mol. The van der Waals surface area contributed by atoms with E-state index < -0.39 is 0 Å². The van der Waals surface area contributed by atoms with Crippen LogP contribution in [0.1, 0.15) is 27.7 Å². The van der Waals surface area contributed by atoms with Crippen molar-refractivity contribution in [2.75, 3.05) is 0 Å². The van der Waals surface area contributed by atoms with Crippen LogP contribution in [0, 0.1) is 5.92 Å². The second kappa shape index (κ2) is 3.44. The van der Waals surface area contributed by atoms with Crippen LogP contribution in [-0.2, 0) is 4.79 Å². The van der Waals surface area contributed by atoms with E-state index >= 15 is 0 Å². The maximum Gasteiger partial charge on any atom is 0.136 e. The van der Waals surface area contributed by atoms with E-state index in [1.165, 1.54) is 0 Å². The quantitative estimate of drug-likeness (QED) is 0.518. The smallest absolute Gasteiger partial charge is 0.136 e. The van der Waals surface area contributed by atoms with E-state index in [9.17, 15) is 4.79 Å². The first-order valence-corrected chi connectivity index (χ1v) is 3.22. The van der Waals surface area contributed by atoms with Gasteiger partial charge in [-0.2, -0.15) is 0 Å². The van der Waals surface area contributed by atoms with Crippen LogP contribution in [0.4, 0.5) is 0 Å². The molecular formula is C8H14O. The van der Waals surface area contributed by atoms with Gasteiger partial charge in [0.25, 0.3) is 0 Å². The first-order chi connectivity index (χ1) is 4.09. The third-order valence-electron chi connectivity index (χ3n) is 1.75. The molecule has 0 heterocycles. The molecule has 9 heavy (non-hydrogen) atoms. The van der Waals surface area contributed by atoms with E-state index in [2.05, 4.69) is 0 Å². The van der Waals surface area contributed by atoms with E-state index in [-0.39, 0.29) is 11.7 Å². The summed E-state index contributed by atoms with van der Waals surface area (Å²) in [6.45, 7) is 7.48. The van der Waals surface area contributed by atoms with Crippen molar-refractivity contribution < 1.29 is 4.79 Å². The molecule has 0 aromatic rings. The molecule has 52 valence electrons. The minimum atomic E-state index is 0.106. The van der Waals surface area contributed by atoms with Gasteiger partial charge in [0.1, 0.15) is 5.78 Å². The van der Waals surface area contributed by atoms with Gasteiger partial charge in [0.05, 0.1) is 0 Å². The summed E-state index contributed by atoms with van der Waals surface area (Å²) in [7, 11) is 0. The van der Waals surface area contributed by atoms with E-state index in [1.54, 1.807) is 6.92 Å². The van der Waals surface area contributed by atoms with E-state index in [0.717, 1.165) is 5.57 Å². The van der Waals surface area contributed by atoms with Crippen molar-refractivity contribution in [2.45, 2.75) is 27.7 Å². The maximum absolute atomic E-state index is 10.7. The second-order valence-corrected chi connectivity index (χ2v) is 2.37. The number of ketones is 1. The average Bonchev–Trinajstić information content (AvgIpc) is 1.84. The largest absolute Gasteiger partial charge is 0.299 e. The highest BCUT2D eigenvalue weighted by atomic mass is 16.1. The zero-order valence-electron chi connectivity index (χ0n) is 6.56. The fourth-order valence-electron chi connectivity index (χ4n) is 0.571.